The summed E-state index contributed by atoms with van der Waals surface area (Å²) in [6, 6.07) is 11.7. The monoisotopic (exact) mass is 437 g/mol. The first-order chi connectivity index (χ1) is 14.0. The van der Waals surface area contributed by atoms with Gasteiger partial charge in [-0.15, -0.1) is 0 Å². The van der Waals surface area contributed by atoms with Crippen LogP contribution >= 0.6 is 24.0 Å². The van der Waals surface area contributed by atoms with E-state index in [-0.39, 0.29) is 27.9 Å². The van der Waals surface area contributed by atoms with Crippen molar-refractivity contribution in [2.45, 2.75) is 13.5 Å². The van der Waals surface area contributed by atoms with Crippen molar-refractivity contribution in [2.24, 2.45) is 0 Å². The number of benzene rings is 2. The van der Waals surface area contributed by atoms with Crippen LogP contribution in [0, 0.1) is 0 Å². The van der Waals surface area contributed by atoms with Crippen LogP contribution in [0.4, 0.5) is 14.5 Å². The van der Waals surface area contributed by atoms with Crippen LogP contribution in [0.15, 0.2) is 47.4 Å². The van der Waals surface area contributed by atoms with Crippen LogP contribution in [0.3, 0.4) is 0 Å². The Labute approximate surface area is 176 Å². The first-order valence-electron chi connectivity index (χ1n) is 8.57. The number of ether oxygens (including phenoxy) is 3. The fraction of sp³-hybridized carbons (Fsp3) is 0.200. The molecule has 1 amide bonds. The van der Waals surface area contributed by atoms with Gasteiger partial charge in [-0.05, 0) is 31.2 Å². The molecule has 1 aliphatic rings. The van der Waals surface area contributed by atoms with Gasteiger partial charge in [0.1, 0.15) is 5.75 Å². The van der Waals surface area contributed by atoms with Crippen LogP contribution in [0.2, 0.25) is 0 Å². The Kier molecular flexibility index (Phi) is 6.71. The van der Waals surface area contributed by atoms with Gasteiger partial charge in [-0.25, -0.2) is 0 Å². The van der Waals surface area contributed by atoms with Gasteiger partial charge in [0.2, 0.25) is 0 Å². The van der Waals surface area contributed by atoms with E-state index in [2.05, 4.69) is 4.74 Å². The van der Waals surface area contributed by atoms with Crippen molar-refractivity contribution in [2.75, 3.05) is 18.6 Å². The van der Waals surface area contributed by atoms with Gasteiger partial charge in [0.05, 0.1) is 24.3 Å². The zero-order valence-electron chi connectivity index (χ0n) is 15.6. The van der Waals surface area contributed by atoms with Crippen LogP contribution in [0.25, 0.3) is 6.08 Å². The van der Waals surface area contributed by atoms with Gasteiger partial charge in [0.25, 0.3) is 5.91 Å². The highest BCUT2D eigenvalue weighted by Crippen LogP contribution is 2.41. The maximum atomic E-state index is 13.0. The van der Waals surface area contributed by atoms with E-state index in [1.54, 1.807) is 36.4 Å². The van der Waals surface area contributed by atoms with Gasteiger partial charge in [0.15, 0.2) is 15.8 Å². The molecule has 0 N–H and O–H groups in total. The molecule has 9 heteroatoms. The molecule has 0 unspecified atom stereocenters. The van der Waals surface area contributed by atoms with Gasteiger partial charge < -0.3 is 14.2 Å². The average Bonchev–Trinajstić information content (AvgIpc) is 2.97. The molecule has 1 saturated heterocycles. The fourth-order valence-electron chi connectivity index (χ4n) is 2.76. The number of anilines is 1. The zero-order chi connectivity index (χ0) is 21.0. The van der Waals surface area contributed by atoms with Gasteiger partial charge in [-0.3, -0.25) is 9.69 Å². The molecule has 1 aliphatic heterocycles. The first kappa shape index (κ1) is 21.1. The topological polar surface area (TPSA) is 48.0 Å². The molecule has 1 heterocycles. The quantitative estimate of drug-likeness (QED) is 0.444. The third-order valence-electron chi connectivity index (χ3n) is 3.92. The second-order valence-corrected chi connectivity index (χ2v) is 7.35. The van der Waals surface area contributed by atoms with E-state index in [9.17, 15) is 13.6 Å². The van der Waals surface area contributed by atoms with E-state index in [0.717, 1.165) is 11.8 Å². The summed E-state index contributed by atoms with van der Waals surface area (Å²) in [6.07, 6.45) is 1.46. The predicted octanol–water partition coefficient (Wildman–Crippen LogP) is 5.10. The average molecular weight is 437 g/mol. The third kappa shape index (κ3) is 4.51. The van der Waals surface area contributed by atoms with Gasteiger partial charge >= 0.3 is 6.61 Å². The Balaban J connectivity index is 2.00. The van der Waals surface area contributed by atoms with E-state index in [1.807, 2.05) is 6.92 Å². The summed E-state index contributed by atoms with van der Waals surface area (Å²) in [6.45, 7) is -0.764. The Morgan fingerprint density at radius 3 is 2.59 bits per heavy atom. The molecule has 152 valence electrons. The molecule has 29 heavy (non-hydrogen) atoms. The lowest BCUT2D eigenvalue weighted by Crippen LogP contribution is -2.28. The second kappa shape index (κ2) is 9.23. The number of carbonyl (C=O) groups is 1. The zero-order valence-corrected chi connectivity index (χ0v) is 17.2. The second-order valence-electron chi connectivity index (χ2n) is 5.67. The molecule has 3 rings (SSSR count). The minimum Gasteiger partial charge on any atom is -0.493 e. The molecule has 1 fully saturated rings. The number of alkyl halides is 2. The van der Waals surface area contributed by atoms with Crippen LogP contribution in [0.5, 0.6) is 17.2 Å². The summed E-state index contributed by atoms with van der Waals surface area (Å²) in [4.78, 5) is 14.7. The summed E-state index contributed by atoms with van der Waals surface area (Å²) in [5, 5.41) is 0. The van der Waals surface area contributed by atoms with E-state index in [4.69, 9.17) is 21.7 Å². The Morgan fingerprint density at radius 1 is 1.17 bits per heavy atom. The van der Waals surface area contributed by atoms with Gasteiger partial charge in [-0.2, -0.15) is 8.78 Å². The SMILES string of the molecule is CCOc1ccccc1N1C(=O)C(=Cc2cccc(OC)c2OC(F)F)SC1=S. The minimum atomic E-state index is -3.04. The number of nitrogens with zero attached hydrogens (tertiary/aromatic N) is 1. The smallest absolute Gasteiger partial charge is 0.387 e. The molecule has 0 radical (unpaired) electrons. The highest BCUT2D eigenvalue weighted by atomic mass is 32.2. The van der Waals surface area contributed by atoms with Crippen molar-refractivity contribution in [3.8, 4) is 17.2 Å². The van der Waals surface area contributed by atoms with Gasteiger partial charge in [-0.1, -0.05) is 48.2 Å². The summed E-state index contributed by atoms with van der Waals surface area (Å²) in [5.74, 6) is 0.134. The molecular formula is C20H17F2NO4S2. The van der Waals surface area contributed by atoms with Crippen molar-refractivity contribution < 1.29 is 27.8 Å². The summed E-state index contributed by atoms with van der Waals surface area (Å²) >= 11 is 6.45. The van der Waals surface area contributed by atoms with Crippen molar-refractivity contribution >= 4 is 46.0 Å². The summed E-state index contributed by atoms with van der Waals surface area (Å²) < 4.78 is 41.3. The molecule has 0 bridgehead atoms. The van der Waals surface area contributed by atoms with Crippen molar-refractivity contribution in [3.05, 3.63) is 52.9 Å². The number of methoxy groups -OCH3 is 1. The normalized spacial score (nSPS) is 15.3. The standard InChI is InChI=1S/C20H17F2NO4S2/c1-3-26-14-9-5-4-8-13(14)23-18(24)16(29-20(23)28)11-12-7-6-10-15(25-2)17(12)27-19(21)22/h4-11,19H,3H2,1-2H3. The van der Waals surface area contributed by atoms with Crippen LogP contribution in [-0.4, -0.2) is 30.6 Å². The number of halogens is 2. The Hall–Kier alpha value is -2.65. The first-order valence-corrected chi connectivity index (χ1v) is 9.80. The van der Waals surface area contributed by atoms with Crippen LogP contribution < -0.4 is 19.1 Å². The number of thiocarbonyl (C=S) groups is 1. The Morgan fingerprint density at radius 2 is 1.90 bits per heavy atom. The lowest BCUT2D eigenvalue weighted by Gasteiger charge is -2.18. The third-order valence-corrected chi connectivity index (χ3v) is 5.22. The lowest BCUT2D eigenvalue weighted by atomic mass is 10.1. The molecule has 0 atom stereocenters. The molecule has 0 saturated carbocycles. The highest BCUT2D eigenvalue weighted by molar-refractivity contribution is 8.27. The molecule has 0 spiro atoms. The number of para-hydroxylation sites is 3. The van der Waals surface area contributed by atoms with Crippen molar-refractivity contribution in [1.29, 1.82) is 0 Å². The van der Waals surface area contributed by atoms with E-state index in [0.29, 0.717) is 22.4 Å². The molecular weight excluding hydrogens is 420 g/mol. The lowest BCUT2D eigenvalue weighted by molar-refractivity contribution is -0.113. The Bertz CT molecular complexity index is 965. The van der Waals surface area contributed by atoms with E-state index in [1.165, 1.54) is 24.2 Å². The van der Waals surface area contributed by atoms with E-state index < -0.39 is 6.61 Å². The largest absolute Gasteiger partial charge is 0.493 e. The number of rotatable bonds is 7. The maximum Gasteiger partial charge on any atom is 0.387 e. The molecule has 2 aromatic rings. The number of hydrogen-bond donors (Lipinski definition) is 0. The van der Waals surface area contributed by atoms with Crippen LogP contribution in [0.1, 0.15) is 12.5 Å². The van der Waals surface area contributed by atoms with Crippen molar-refractivity contribution in [3.63, 3.8) is 0 Å². The summed E-state index contributed by atoms with van der Waals surface area (Å²) in [7, 11) is 1.35. The number of hydrogen-bond acceptors (Lipinski definition) is 6. The number of amides is 1. The van der Waals surface area contributed by atoms with Gasteiger partial charge in [0, 0.05) is 5.56 Å². The molecule has 5 nitrogen and oxygen atoms in total. The predicted molar refractivity (Wildman–Crippen MR) is 113 cm³/mol. The highest BCUT2D eigenvalue weighted by Gasteiger charge is 2.35. The molecule has 2 aromatic carbocycles. The molecule has 0 aromatic heterocycles. The molecule has 0 aliphatic carbocycles. The maximum absolute atomic E-state index is 13.0. The van der Waals surface area contributed by atoms with Crippen LogP contribution in [-0.2, 0) is 4.79 Å². The number of thioether (sulfide) groups is 1. The van der Waals surface area contributed by atoms with E-state index >= 15 is 0 Å². The summed E-state index contributed by atoms with van der Waals surface area (Å²) in [5.41, 5.74) is 0.804. The van der Waals surface area contributed by atoms with Crippen molar-refractivity contribution in [1.82, 2.24) is 0 Å². The minimum absolute atomic E-state index is 0.135. The fourth-order valence-corrected chi connectivity index (χ4v) is 4.03. The number of carbonyl (C=O) groups excluding carboxylic acids is 1.